The molecule has 124 valence electrons. The second kappa shape index (κ2) is 8.06. The summed E-state index contributed by atoms with van der Waals surface area (Å²) in [6.07, 6.45) is 10.2. The zero-order valence-corrected chi connectivity index (χ0v) is 13.6. The lowest BCUT2D eigenvalue weighted by atomic mass is 9.87. The minimum absolute atomic E-state index is 0.0408. The zero-order chi connectivity index (χ0) is 17.5. The van der Waals surface area contributed by atoms with E-state index in [0.717, 1.165) is 5.56 Å². The summed E-state index contributed by atoms with van der Waals surface area (Å²) in [4.78, 5) is 37.2. The first-order chi connectivity index (χ1) is 12.2. The molecule has 3 rings (SSSR count). The van der Waals surface area contributed by atoms with E-state index in [9.17, 15) is 9.59 Å². The molecule has 0 unspecified atom stereocenters. The Morgan fingerprint density at radius 1 is 0.720 bits per heavy atom. The zero-order valence-electron chi connectivity index (χ0n) is 13.6. The standard InChI is InChI=1S/C20H17N3O2/c24-19(16-5-2-8-22-13-16)10-18(15-4-1-7-21-12-15)11-20(25)17-6-3-9-23-14-17/h1-9,12-14,18H,10-11H2. The van der Waals surface area contributed by atoms with Crippen molar-refractivity contribution < 1.29 is 9.59 Å². The van der Waals surface area contributed by atoms with Crippen molar-refractivity contribution in [2.45, 2.75) is 18.8 Å². The molecule has 0 radical (unpaired) electrons. The van der Waals surface area contributed by atoms with E-state index in [1.165, 1.54) is 0 Å². The Labute approximate surface area is 145 Å². The van der Waals surface area contributed by atoms with E-state index in [0.29, 0.717) is 11.1 Å². The molecule has 0 bridgehead atoms. The maximum Gasteiger partial charge on any atom is 0.165 e. The van der Waals surface area contributed by atoms with Crippen molar-refractivity contribution in [2.24, 2.45) is 0 Å². The molecule has 0 spiro atoms. The summed E-state index contributed by atoms with van der Waals surface area (Å²) in [5, 5.41) is 0. The molecule has 5 heteroatoms. The van der Waals surface area contributed by atoms with Crippen molar-refractivity contribution >= 4 is 11.6 Å². The van der Waals surface area contributed by atoms with Gasteiger partial charge in [0.1, 0.15) is 0 Å². The summed E-state index contributed by atoms with van der Waals surface area (Å²) in [7, 11) is 0. The quantitative estimate of drug-likeness (QED) is 0.620. The van der Waals surface area contributed by atoms with Crippen molar-refractivity contribution in [3.8, 4) is 0 Å². The minimum atomic E-state index is -0.242. The van der Waals surface area contributed by atoms with Gasteiger partial charge in [0.25, 0.3) is 0 Å². The molecule has 3 aromatic rings. The molecule has 0 aliphatic heterocycles. The molecule has 0 saturated carbocycles. The van der Waals surface area contributed by atoms with Gasteiger partial charge in [0.05, 0.1) is 0 Å². The van der Waals surface area contributed by atoms with Gasteiger partial charge >= 0.3 is 0 Å². The lowest BCUT2D eigenvalue weighted by Gasteiger charge is -2.15. The van der Waals surface area contributed by atoms with Crippen LogP contribution < -0.4 is 0 Å². The summed E-state index contributed by atoms with van der Waals surface area (Å²) < 4.78 is 0. The lowest BCUT2D eigenvalue weighted by Crippen LogP contribution is -2.13. The predicted octanol–water partition coefficient (Wildman–Crippen LogP) is 3.50. The fourth-order valence-electron chi connectivity index (χ4n) is 2.66. The Hall–Kier alpha value is -3.21. The topological polar surface area (TPSA) is 72.8 Å². The number of hydrogen-bond donors (Lipinski definition) is 0. The fourth-order valence-corrected chi connectivity index (χ4v) is 2.66. The number of aromatic nitrogens is 3. The van der Waals surface area contributed by atoms with Crippen LogP contribution in [0.4, 0.5) is 0 Å². The molecule has 0 N–H and O–H groups in total. The monoisotopic (exact) mass is 331 g/mol. The molecule has 3 aromatic heterocycles. The number of carbonyl (C=O) groups excluding carboxylic acids is 2. The van der Waals surface area contributed by atoms with Crippen LogP contribution in [-0.2, 0) is 0 Å². The molecule has 0 aliphatic rings. The number of hydrogen-bond acceptors (Lipinski definition) is 5. The van der Waals surface area contributed by atoms with Crippen molar-refractivity contribution in [3.05, 3.63) is 90.3 Å². The third kappa shape index (κ3) is 4.41. The summed E-state index contributed by atoms with van der Waals surface area (Å²) in [5.74, 6) is -0.323. The van der Waals surface area contributed by atoms with Gasteiger partial charge < -0.3 is 0 Å². The first-order valence-electron chi connectivity index (χ1n) is 8.00. The predicted molar refractivity (Wildman–Crippen MR) is 93.3 cm³/mol. The van der Waals surface area contributed by atoms with Crippen LogP contribution in [-0.4, -0.2) is 26.5 Å². The second-order valence-electron chi connectivity index (χ2n) is 5.72. The van der Waals surface area contributed by atoms with E-state index >= 15 is 0 Å². The molecule has 0 atom stereocenters. The highest BCUT2D eigenvalue weighted by Crippen LogP contribution is 2.26. The Kier molecular flexibility index (Phi) is 5.36. The van der Waals surface area contributed by atoms with Crippen molar-refractivity contribution in [3.63, 3.8) is 0 Å². The van der Waals surface area contributed by atoms with Gasteiger partial charge in [0, 0.05) is 61.1 Å². The highest BCUT2D eigenvalue weighted by atomic mass is 16.1. The molecule has 0 aliphatic carbocycles. The van der Waals surface area contributed by atoms with Crippen LogP contribution in [0.2, 0.25) is 0 Å². The normalized spacial score (nSPS) is 10.6. The highest BCUT2D eigenvalue weighted by Gasteiger charge is 2.21. The molecule has 0 amide bonds. The minimum Gasteiger partial charge on any atom is -0.294 e. The number of carbonyl (C=O) groups is 2. The third-order valence-electron chi connectivity index (χ3n) is 3.99. The number of ketones is 2. The molecule has 5 nitrogen and oxygen atoms in total. The Morgan fingerprint density at radius 3 is 1.60 bits per heavy atom. The van der Waals surface area contributed by atoms with Crippen LogP contribution >= 0.6 is 0 Å². The largest absolute Gasteiger partial charge is 0.294 e. The summed E-state index contributed by atoms with van der Waals surface area (Å²) in [6.45, 7) is 0. The van der Waals surface area contributed by atoms with Crippen LogP contribution in [0.15, 0.2) is 73.6 Å². The van der Waals surface area contributed by atoms with Crippen molar-refractivity contribution in [1.29, 1.82) is 0 Å². The number of nitrogens with zero attached hydrogens (tertiary/aromatic N) is 3. The van der Waals surface area contributed by atoms with E-state index in [1.54, 1.807) is 61.4 Å². The van der Waals surface area contributed by atoms with E-state index < -0.39 is 0 Å². The molecule has 0 aromatic carbocycles. The maximum absolute atomic E-state index is 12.6. The Bertz CT molecular complexity index is 783. The number of Topliss-reactive ketones (excluding diaryl/α,β-unsaturated/α-hetero) is 2. The van der Waals surface area contributed by atoms with E-state index in [1.807, 2.05) is 12.1 Å². The van der Waals surface area contributed by atoms with Crippen LogP contribution in [0.5, 0.6) is 0 Å². The van der Waals surface area contributed by atoms with Crippen LogP contribution in [0.3, 0.4) is 0 Å². The van der Waals surface area contributed by atoms with E-state index in [4.69, 9.17) is 0 Å². The van der Waals surface area contributed by atoms with Gasteiger partial charge in [-0.15, -0.1) is 0 Å². The van der Waals surface area contributed by atoms with E-state index in [2.05, 4.69) is 15.0 Å². The summed E-state index contributed by atoms with van der Waals surface area (Å²) in [5.41, 5.74) is 1.97. The lowest BCUT2D eigenvalue weighted by molar-refractivity contribution is 0.0944. The SMILES string of the molecule is O=C(CC(CC(=O)c1cccnc1)c1cccnc1)c1cccnc1. The average Bonchev–Trinajstić information content (AvgIpc) is 2.69. The van der Waals surface area contributed by atoms with Gasteiger partial charge in [-0.25, -0.2) is 0 Å². The van der Waals surface area contributed by atoms with Gasteiger partial charge in [-0.05, 0) is 41.8 Å². The molecule has 25 heavy (non-hydrogen) atoms. The Morgan fingerprint density at radius 2 is 1.20 bits per heavy atom. The van der Waals surface area contributed by atoms with Crippen LogP contribution in [0.1, 0.15) is 45.0 Å². The second-order valence-corrected chi connectivity index (χ2v) is 5.72. The first kappa shape index (κ1) is 16.6. The van der Waals surface area contributed by atoms with Gasteiger partial charge in [-0.1, -0.05) is 6.07 Å². The molecule has 0 fully saturated rings. The fraction of sp³-hybridized carbons (Fsp3) is 0.150. The molecule has 0 saturated heterocycles. The molecular formula is C20H17N3O2. The van der Waals surface area contributed by atoms with Gasteiger partial charge in [0.2, 0.25) is 0 Å². The summed E-state index contributed by atoms with van der Waals surface area (Å²) in [6, 6.07) is 10.6. The average molecular weight is 331 g/mol. The first-order valence-corrected chi connectivity index (χ1v) is 8.00. The third-order valence-corrected chi connectivity index (χ3v) is 3.99. The van der Waals surface area contributed by atoms with Crippen molar-refractivity contribution in [1.82, 2.24) is 15.0 Å². The summed E-state index contributed by atoms with van der Waals surface area (Å²) >= 11 is 0. The van der Waals surface area contributed by atoms with E-state index in [-0.39, 0.29) is 30.3 Å². The number of rotatable bonds is 7. The maximum atomic E-state index is 12.6. The highest BCUT2D eigenvalue weighted by molar-refractivity contribution is 5.99. The van der Waals surface area contributed by atoms with Gasteiger partial charge in [0.15, 0.2) is 11.6 Å². The Balaban J connectivity index is 1.81. The molecule has 3 heterocycles. The van der Waals surface area contributed by atoms with Crippen molar-refractivity contribution in [2.75, 3.05) is 0 Å². The van der Waals surface area contributed by atoms with Crippen LogP contribution in [0, 0.1) is 0 Å². The smallest absolute Gasteiger partial charge is 0.165 e. The van der Waals surface area contributed by atoms with Gasteiger partial charge in [-0.2, -0.15) is 0 Å². The van der Waals surface area contributed by atoms with Gasteiger partial charge in [-0.3, -0.25) is 24.5 Å². The number of pyridine rings is 3. The van der Waals surface area contributed by atoms with Crippen LogP contribution in [0.25, 0.3) is 0 Å². The molecular weight excluding hydrogens is 314 g/mol.